The van der Waals surface area contributed by atoms with Crippen molar-refractivity contribution in [3.63, 3.8) is 0 Å². The largest absolute Gasteiger partial charge is 0.378 e. The monoisotopic (exact) mass is 444 g/mol. The van der Waals surface area contributed by atoms with E-state index in [1.54, 1.807) is 6.07 Å². The summed E-state index contributed by atoms with van der Waals surface area (Å²) < 4.78 is 0. The fraction of sp³-hybridized carbons (Fsp3) is 0.370. The molecule has 1 aliphatic heterocycles. The average molecular weight is 445 g/mol. The first kappa shape index (κ1) is 22.8. The molecular weight excluding hydrogens is 412 g/mol. The number of aromatic nitrogens is 1. The molecule has 6 nitrogen and oxygen atoms in total. The molecule has 2 aromatic rings. The Bertz CT molecular complexity index is 1170. The van der Waals surface area contributed by atoms with E-state index >= 15 is 0 Å². The van der Waals surface area contributed by atoms with Gasteiger partial charge in [-0.15, -0.1) is 0 Å². The third-order valence-electron chi connectivity index (χ3n) is 6.36. The molecule has 33 heavy (non-hydrogen) atoms. The molecule has 1 amide bonds. The number of amides is 1. The molecule has 2 aliphatic rings. The highest BCUT2D eigenvalue weighted by molar-refractivity contribution is 6.09. The summed E-state index contributed by atoms with van der Waals surface area (Å²) in [5.41, 5.74) is 5.67. The lowest BCUT2D eigenvalue weighted by Crippen LogP contribution is -2.39. The fourth-order valence-electron chi connectivity index (χ4n) is 4.83. The van der Waals surface area contributed by atoms with Crippen molar-refractivity contribution in [3.05, 3.63) is 76.3 Å². The number of allylic oxidation sites excluding steroid dienone is 3. The number of ketones is 1. The average Bonchev–Trinajstić information content (AvgIpc) is 2.71. The summed E-state index contributed by atoms with van der Waals surface area (Å²) in [6, 6.07) is 13.6. The SMILES string of the molecule is CC1=C(C(=O)Nc2cccc(C)n2)[C@@H](c2ccc(N(C)C)cc2)C2=C(CC(C)(C)CC2=O)N1. The van der Waals surface area contributed by atoms with E-state index in [0.717, 1.165) is 34.8 Å². The number of rotatable bonds is 4. The van der Waals surface area contributed by atoms with Crippen LogP contribution in [0.3, 0.4) is 0 Å². The van der Waals surface area contributed by atoms with Crippen LogP contribution < -0.4 is 15.5 Å². The molecule has 0 saturated carbocycles. The second-order valence-corrected chi connectivity index (χ2v) is 10.0. The predicted molar refractivity (Wildman–Crippen MR) is 132 cm³/mol. The number of nitrogens with one attached hydrogen (secondary N) is 2. The fourth-order valence-corrected chi connectivity index (χ4v) is 4.83. The van der Waals surface area contributed by atoms with Gasteiger partial charge in [0.15, 0.2) is 5.78 Å². The molecule has 0 bridgehead atoms. The number of hydrogen-bond acceptors (Lipinski definition) is 5. The normalized spacial score (nSPS) is 19.7. The smallest absolute Gasteiger partial charge is 0.255 e. The summed E-state index contributed by atoms with van der Waals surface area (Å²) >= 11 is 0. The number of hydrogen-bond donors (Lipinski definition) is 2. The van der Waals surface area contributed by atoms with E-state index in [4.69, 9.17) is 0 Å². The third kappa shape index (κ3) is 4.56. The number of carbonyl (C=O) groups excluding carboxylic acids is 2. The Kier molecular flexibility index (Phi) is 5.87. The van der Waals surface area contributed by atoms with Gasteiger partial charge < -0.3 is 15.5 Å². The number of carbonyl (C=O) groups is 2. The number of benzene rings is 1. The highest BCUT2D eigenvalue weighted by Gasteiger charge is 2.42. The number of dihydropyridines is 1. The van der Waals surface area contributed by atoms with Crippen molar-refractivity contribution in [2.45, 2.75) is 46.5 Å². The van der Waals surface area contributed by atoms with Crippen LogP contribution in [0.1, 0.15) is 50.8 Å². The molecule has 4 rings (SSSR count). The van der Waals surface area contributed by atoms with Crippen molar-refractivity contribution in [3.8, 4) is 0 Å². The minimum atomic E-state index is -0.425. The second kappa shape index (κ2) is 8.50. The molecule has 1 atom stereocenters. The lowest BCUT2D eigenvalue weighted by atomic mass is 9.68. The maximum atomic E-state index is 13.6. The maximum Gasteiger partial charge on any atom is 0.255 e. The van der Waals surface area contributed by atoms with E-state index in [1.807, 2.05) is 69.2 Å². The van der Waals surface area contributed by atoms with Gasteiger partial charge in [0, 0.05) is 60.4 Å². The van der Waals surface area contributed by atoms with Gasteiger partial charge in [0.1, 0.15) is 5.82 Å². The van der Waals surface area contributed by atoms with Gasteiger partial charge in [-0.3, -0.25) is 9.59 Å². The molecule has 1 aromatic carbocycles. The zero-order valence-corrected chi connectivity index (χ0v) is 20.2. The summed E-state index contributed by atoms with van der Waals surface area (Å²) in [4.78, 5) is 33.4. The van der Waals surface area contributed by atoms with Gasteiger partial charge in [-0.1, -0.05) is 32.0 Å². The number of anilines is 2. The standard InChI is InChI=1S/C27H32N4O2/c1-16-8-7-9-22(28-16)30-26(33)23-17(2)29-20-14-27(3,4)15-21(32)25(20)24(23)18-10-12-19(13-11-18)31(5)6/h7-13,24,29H,14-15H2,1-6H3,(H,28,30,33)/t24-/m1/s1. The van der Waals surface area contributed by atoms with E-state index in [1.165, 1.54) is 0 Å². The maximum absolute atomic E-state index is 13.6. The summed E-state index contributed by atoms with van der Waals surface area (Å²) in [7, 11) is 3.98. The summed E-state index contributed by atoms with van der Waals surface area (Å²) in [5.74, 6) is -0.0744. The van der Waals surface area contributed by atoms with Crippen LogP contribution in [0.25, 0.3) is 0 Å². The van der Waals surface area contributed by atoms with Crippen LogP contribution in [-0.2, 0) is 9.59 Å². The number of pyridine rings is 1. The molecule has 2 N–H and O–H groups in total. The molecular formula is C27H32N4O2. The van der Waals surface area contributed by atoms with Crippen molar-refractivity contribution >= 4 is 23.2 Å². The highest BCUT2D eigenvalue weighted by Crippen LogP contribution is 2.46. The van der Waals surface area contributed by atoms with E-state index in [9.17, 15) is 9.59 Å². The van der Waals surface area contributed by atoms with Crippen molar-refractivity contribution < 1.29 is 9.59 Å². The predicted octanol–water partition coefficient (Wildman–Crippen LogP) is 4.70. The Labute approximate surface area is 195 Å². The van der Waals surface area contributed by atoms with Gasteiger partial charge >= 0.3 is 0 Å². The van der Waals surface area contributed by atoms with Gasteiger partial charge in [0.25, 0.3) is 5.91 Å². The molecule has 0 unspecified atom stereocenters. The lowest BCUT2D eigenvalue weighted by molar-refractivity contribution is -0.118. The van der Waals surface area contributed by atoms with Gasteiger partial charge in [0.2, 0.25) is 0 Å². The first-order chi connectivity index (χ1) is 15.6. The Balaban J connectivity index is 1.80. The highest BCUT2D eigenvalue weighted by atomic mass is 16.2. The van der Waals surface area contributed by atoms with Crippen molar-refractivity contribution in [1.29, 1.82) is 0 Å². The van der Waals surface area contributed by atoms with Gasteiger partial charge in [0.05, 0.1) is 0 Å². The van der Waals surface area contributed by atoms with Crippen LogP contribution in [0.5, 0.6) is 0 Å². The van der Waals surface area contributed by atoms with E-state index < -0.39 is 5.92 Å². The van der Waals surface area contributed by atoms with Gasteiger partial charge in [-0.25, -0.2) is 4.98 Å². The van der Waals surface area contributed by atoms with Crippen LogP contribution in [-0.4, -0.2) is 30.8 Å². The van der Waals surface area contributed by atoms with Crippen molar-refractivity contribution in [2.75, 3.05) is 24.3 Å². The van der Waals surface area contributed by atoms with Gasteiger partial charge in [-0.2, -0.15) is 0 Å². The minimum Gasteiger partial charge on any atom is -0.378 e. The molecule has 1 aliphatic carbocycles. The van der Waals surface area contributed by atoms with Crippen LogP contribution in [0.4, 0.5) is 11.5 Å². The Morgan fingerprint density at radius 2 is 1.79 bits per heavy atom. The Hall–Kier alpha value is -3.41. The number of nitrogens with zero attached hydrogens (tertiary/aromatic N) is 2. The first-order valence-electron chi connectivity index (χ1n) is 11.3. The van der Waals surface area contributed by atoms with E-state index in [2.05, 4.69) is 29.5 Å². The molecule has 0 spiro atoms. The van der Waals surface area contributed by atoms with Crippen LogP contribution in [0.15, 0.2) is 65.0 Å². The number of Topliss-reactive ketones (excluding diaryl/α,β-unsaturated/α-hetero) is 1. The molecule has 6 heteroatoms. The second-order valence-electron chi connectivity index (χ2n) is 10.0. The topological polar surface area (TPSA) is 74.3 Å². The molecule has 0 saturated heterocycles. The molecule has 1 aromatic heterocycles. The van der Waals surface area contributed by atoms with Crippen molar-refractivity contribution in [2.24, 2.45) is 5.41 Å². The van der Waals surface area contributed by atoms with Crippen LogP contribution >= 0.6 is 0 Å². The van der Waals surface area contributed by atoms with Gasteiger partial charge in [-0.05, 0) is 55.5 Å². The van der Waals surface area contributed by atoms with Crippen LogP contribution in [0, 0.1) is 12.3 Å². The Morgan fingerprint density at radius 1 is 1.09 bits per heavy atom. The zero-order chi connectivity index (χ0) is 23.9. The first-order valence-corrected chi connectivity index (χ1v) is 11.3. The summed E-state index contributed by atoms with van der Waals surface area (Å²) in [6.07, 6.45) is 1.24. The summed E-state index contributed by atoms with van der Waals surface area (Å²) in [6.45, 7) is 8.02. The molecule has 0 fully saturated rings. The zero-order valence-electron chi connectivity index (χ0n) is 20.2. The minimum absolute atomic E-state index is 0.0990. The Morgan fingerprint density at radius 3 is 2.42 bits per heavy atom. The molecule has 2 heterocycles. The quantitative estimate of drug-likeness (QED) is 0.715. The summed E-state index contributed by atoms with van der Waals surface area (Å²) in [5, 5.41) is 6.36. The number of aryl methyl sites for hydroxylation is 1. The lowest BCUT2D eigenvalue weighted by Gasteiger charge is -2.39. The molecule has 0 radical (unpaired) electrons. The van der Waals surface area contributed by atoms with Crippen LogP contribution in [0.2, 0.25) is 0 Å². The molecule has 172 valence electrons. The third-order valence-corrected chi connectivity index (χ3v) is 6.36. The van der Waals surface area contributed by atoms with E-state index in [-0.39, 0.29) is 17.1 Å². The van der Waals surface area contributed by atoms with E-state index in [0.29, 0.717) is 23.4 Å². The van der Waals surface area contributed by atoms with Crippen molar-refractivity contribution in [1.82, 2.24) is 10.3 Å².